The molecule has 120 valence electrons. The van der Waals surface area contributed by atoms with Crippen LogP contribution in [-0.2, 0) is 16.0 Å². The van der Waals surface area contributed by atoms with Gasteiger partial charge in [0.1, 0.15) is 0 Å². The molecule has 0 heterocycles. The summed E-state index contributed by atoms with van der Waals surface area (Å²) in [5.41, 5.74) is -0.869. The molecule has 0 aliphatic carbocycles. The van der Waals surface area contributed by atoms with Crippen molar-refractivity contribution in [2.45, 2.75) is 23.4 Å². The van der Waals surface area contributed by atoms with Crippen molar-refractivity contribution in [3.05, 3.63) is 76.6 Å². The van der Waals surface area contributed by atoms with Crippen LogP contribution in [0.25, 0.3) is 4.85 Å². The van der Waals surface area contributed by atoms with Gasteiger partial charge in [-0.25, -0.2) is 15.0 Å². The zero-order valence-electron chi connectivity index (χ0n) is 12.0. The number of hydrogen-bond acceptors (Lipinski definition) is 2. The summed E-state index contributed by atoms with van der Waals surface area (Å²) in [5, 5.41) is -1.94. The summed E-state index contributed by atoms with van der Waals surface area (Å²) in [6, 6.07) is 9.89. The topological polar surface area (TPSA) is 38.5 Å². The number of alkyl halides is 3. The van der Waals surface area contributed by atoms with E-state index in [0.29, 0.717) is 0 Å². The van der Waals surface area contributed by atoms with Crippen molar-refractivity contribution in [3.8, 4) is 0 Å². The van der Waals surface area contributed by atoms with Gasteiger partial charge in [0.25, 0.3) is 9.84 Å². The first-order chi connectivity index (χ1) is 10.7. The van der Waals surface area contributed by atoms with Crippen molar-refractivity contribution in [1.29, 1.82) is 0 Å². The molecule has 0 N–H and O–H groups in total. The van der Waals surface area contributed by atoms with Crippen molar-refractivity contribution in [2.75, 3.05) is 0 Å². The minimum absolute atomic E-state index is 0.180. The molecule has 2 aromatic rings. The van der Waals surface area contributed by atoms with Crippen LogP contribution in [0.4, 0.5) is 13.2 Å². The molecule has 2 rings (SSSR count). The fraction of sp³-hybridized carbons (Fsp3) is 0.188. The van der Waals surface area contributed by atoms with Gasteiger partial charge in [-0.2, -0.15) is 13.2 Å². The Balaban J connectivity index is 2.62. The highest BCUT2D eigenvalue weighted by Gasteiger charge is 2.42. The standard InChI is InChI=1S/C16H12F3NO2S/c1-11-7-9-12(10-8-11)23(21,22)15(20-2)13-5-3-4-6-14(13)16(17,18)19/h3-10,15H,1H3/t15-/m1/s1. The van der Waals surface area contributed by atoms with E-state index < -0.39 is 32.5 Å². The van der Waals surface area contributed by atoms with Gasteiger partial charge in [-0.15, -0.1) is 0 Å². The SMILES string of the molecule is [C-]#[N+][C@@H](c1ccccc1C(F)(F)F)S(=O)(=O)c1ccc(C)cc1. The summed E-state index contributed by atoms with van der Waals surface area (Å²) in [5.74, 6) is 0. The molecule has 0 unspecified atom stereocenters. The second-order valence-electron chi connectivity index (χ2n) is 4.92. The van der Waals surface area contributed by atoms with E-state index in [4.69, 9.17) is 6.57 Å². The Morgan fingerprint density at radius 3 is 2.13 bits per heavy atom. The summed E-state index contributed by atoms with van der Waals surface area (Å²) in [4.78, 5) is 2.79. The van der Waals surface area contributed by atoms with Crippen molar-refractivity contribution in [3.63, 3.8) is 0 Å². The Morgan fingerprint density at radius 1 is 1.04 bits per heavy atom. The largest absolute Gasteiger partial charge is 0.417 e. The molecule has 0 aliphatic rings. The fourth-order valence-electron chi connectivity index (χ4n) is 2.13. The van der Waals surface area contributed by atoms with E-state index in [0.717, 1.165) is 23.8 Å². The number of benzene rings is 2. The summed E-state index contributed by atoms with van der Waals surface area (Å²) in [6.45, 7) is 8.88. The van der Waals surface area contributed by atoms with Crippen LogP contribution in [-0.4, -0.2) is 8.42 Å². The minimum atomic E-state index is -4.73. The van der Waals surface area contributed by atoms with Crippen LogP contribution in [0.1, 0.15) is 22.1 Å². The van der Waals surface area contributed by atoms with Gasteiger partial charge >= 0.3 is 11.6 Å². The monoisotopic (exact) mass is 339 g/mol. The second-order valence-corrected chi connectivity index (χ2v) is 6.93. The Kier molecular flexibility index (Phi) is 4.48. The van der Waals surface area contributed by atoms with Gasteiger partial charge in [0.15, 0.2) is 0 Å². The predicted octanol–water partition coefficient (Wildman–Crippen LogP) is 4.41. The number of aryl methyl sites for hydroxylation is 1. The molecular formula is C16H12F3NO2S. The molecule has 0 bridgehead atoms. The normalized spacial score (nSPS) is 13.3. The molecule has 0 radical (unpaired) electrons. The first kappa shape index (κ1) is 17.0. The zero-order valence-corrected chi connectivity index (χ0v) is 12.8. The summed E-state index contributed by atoms with van der Waals surface area (Å²) >= 11 is 0. The predicted molar refractivity (Wildman–Crippen MR) is 79.2 cm³/mol. The van der Waals surface area contributed by atoms with Crippen molar-refractivity contribution >= 4 is 9.84 Å². The third-order valence-corrected chi connectivity index (χ3v) is 5.17. The maximum Gasteiger partial charge on any atom is 0.417 e. The van der Waals surface area contributed by atoms with Crippen LogP contribution in [0.5, 0.6) is 0 Å². The third-order valence-electron chi connectivity index (χ3n) is 3.29. The van der Waals surface area contributed by atoms with Gasteiger partial charge < -0.3 is 0 Å². The average molecular weight is 339 g/mol. The highest BCUT2D eigenvalue weighted by atomic mass is 32.2. The minimum Gasteiger partial charge on any atom is -0.291 e. The summed E-state index contributed by atoms with van der Waals surface area (Å²) in [7, 11) is -4.26. The van der Waals surface area contributed by atoms with Gasteiger partial charge in [0.2, 0.25) is 0 Å². The van der Waals surface area contributed by atoms with E-state index in [-0.39, 0.29) is 4.90 Å². The first-order valence-electron chi connectivity index (χ1n) is 6.51. The van der Waals surface area contributed by atoms with Crippen LogP contribution in [0.2, 0.25) is 0 Å². The molecule has 0 saturated heterocycles. The van der Waals surface area contributed by atoms with Crippen LogP contribution in [0.3, 0.4) is 0 Å². The van der Waals surface area contributed by atoms with Crippen molar-refractivity contribution in [1.82, 2.24) is 0 Å². The van der Waals surface area contributed by atoms with Crippen molar-refractivity contribution < 1.29 is 21.6 Å². The van der Waals surface area contributed by atoms with E-state index in [1.807, 2.05) is 0 Å². The molecule has 0 fully saturated rings. The molecular weight excluding hydrogens is 327 g/mol. The molecule has 0 aliphatic heterocycles. The summed E-state index contributed by atoms with van der Waals surface area (Å²) in [6.07, 6.45) is -4.73. The van der Waals surface area contributed by atoms with Gasteiger partial charge in [-0.3, -0.25) is 4.85 Å². The molecule has 1 atom stereocenters. The second kappa shape index (κ2) is 6.05. The maximum atomic E-state index is 13.1. The van der Waals surface area contributed by atoms with E-state index >= 15 is 0 Å². The molecule has 0 saturated carbocycles. The number of sulfone groups is 1. The lowest BCUT2D eigenvalue weighted by Crippen LogP contribution is -2.16. The number of rotatable bonds is 3. The first-order valence-corrected chi connectivity index (χ1v) is 8.06. The lowest BCUT2D eigenvalue weighted by atomic mass is 10.1. The van der Waals surface area contributed by atoms with Crippen LogP contribution in [0, 0.1) is 13.5 Å². The van der Waals surface area contributed by atoms with E-state index in [2.05, 4.69) is 4.85 Å². The third kappa shape index (κ3) is 3.37. The number of nitrogens with zero attached hydrogens (tertiary/aromatic N) is 1. The van der Waals surface area contributed by atoms with E-state index in [1.165, 1.54) is 30.3 Å². The smallest absolute Gasteiger partial charge is 0.291 e. The Labute approximate surface area is 132 Å². The van der Waals surface area contributed by atoms with Gasteiger partial charge in [0, 0.05) is 0 Å². The zero-order chi connectivity index (χ0) is 17.3. The van der Waals surface area contributed by atoms with Gasteiger partial charge in [-0.1, -0.05) is 29.8 Å². The molecule has 2 aromatic carbocycles. The molecule has 0 spiro atoms. The lowest BCUT2D eigenvalue weighted by Gasteiger charge is -2.14. The Bertz CT molecular complexity index is 850. The van der Waals surface area contributed by atoms with Crippen LogP contribution in [0.15, 0.2) is 53.4 Å². The van der Waals surface area contributed by atoms with Crippen LogP contribution < -0.4 is 0 Å². The molecule has 0 amide bonds. The molecule has 7 heteroatoms. The lowest BCUT2D eigenvalue weighted by molar-refractivity contribution is -0.138. The number of halogens is 3. The fourth-order valence-corrected chi connectivity index (χ4v) is 3.59. The maximum absolute atomic E-state index is 13.1. The molecule has 0 aromatic heterocycles. The average Bonchev–Trinajstić information content (AvgIpc) is 2.47. The van der Waals surface area contributed by atoms with Crippen molar-refractivity contribution in [2.24, 2.45) is 0 Å². The van der Waals surface area contributed by atoms with E-state index in [9.17, 15) is 21.6 Å². The van der Waals surface area contributed by atoms with E-state index in [1.54, 1.807) is 6.92 Å². The molecule has 23 heavy (non-hydrogen) atoms. The quantitative estimate of drug-likeness (QED) is 0.777. The Morgan fingerprint density at radius 2 is 1.61 bits per heavy atom. The van der Waals surface area contributed by atoms with Gasteiger partial charge in [-0.05, 0) is 31.2 Å². The Hall–Kier alpha value is -2.33. The number of hydrogen-bond donors (Lipinski definition) is 0. The van der Waals surface area contributed by atoms with Crippen LogP contribution >= 0.6 is 0 Å². The highest BCUT2D eigenvalue weighted by molar-refractivity contribution is 7.91. The highest BCUT2D eigenvalue weighted by Crippen LogP contribution is 2.39. The van der Waals surface area contributed by atoms with Gasteiger partial charge in [0.05, 0.1) is 16.0 Å². The summed E-state index contributed by atoms with van der Waals surface area (Å²) < 4.78 is 64.4. The molecule has 3 nitrogen and oxygen atoms in total.